The number of nitrogen functional groups attached to an aromatic ring is 3. The van der Waals surface area contributed by atoms with Crippen LogP contribution in [0.1, 0.15) is 1.43 Å². The molecule has 8 rings (SSSR count). The minimum absolute atomic E-state index is 0. The van der Waals surface area contributed by atoms with E-state index in [0.29, 0.717) is 5.69 Å². The molecule has 208 valence electrons. The van der Waals surface area contributed by atoms with Crippen LogP contribution < -0.4 is 17.2 Å². The summed E-state index contributed by atoms with van der Waals surface area (Å²) in [5.41, 5.74) is 27.6. The number of nitro benzene ring substituents is 1. The molecule has 0 saturated heterocycles. The van der Waals surface area contributed by atoms with Crippen molar-refractivity contribution in [2.75, 3.05) is 17.2 Å². The van der Waals surface area contributed by atoms with Gasteiger partial charge in [-0.25, -0.2) is 0 Å². The molecule has 0 bridgehead atoms. The van der Waals surface area contributed by atoms with Gasteiger partial charge in [0.05, 0.1) is 27.7 Å². The third kappa shape index (κ3) is 4.52. The van der Waals surface area contributed by atoms with Crippen LogP contribution in [0, 0.1) is 10.1 Å². The highest BCUT2D eigenvalue weighted by Crippen LogP contribution is 2.30. The molecule has 0 spiro atoms. The first-order valence-corrected chi connectivity index (χ1v) is 13.2. The summed E-state index contributed by atoms with van der Waals surface area (Å²) >= 11 is 0. The zero-order valence-electron chi connectivity index (χ0n) is 22.2. The van der Waals surface area contributed by atoms with Crippen LogP contribution in [0.2, 0.25) is 0 Å². The van der Waals surface area contributed by atoms with Gasteiger partial charge < -0.3 is 37.1 Å². The van der Waals surface area contributed by atoms with Crippen LogP contribution in [-0.2, 0) is 0 Å². The van der Waals surface area contributed by atoms with E-state index in [4.69, 9.17) is 17.2 Å². The van der Waals surface area contributed by atoms with Crippen LogP contribution in [0.5, 0.6) is 0 Å². The number of nitro groups is 1. The van der Waals surface area contributed by atoms with E-state index in [1.54, 1.807) is 12.1 Å². The van der Waals surface area contributed by atoms with E-state index in [9.17, 15) is 10.1 Å². The van der Waals surface area contributed by atoms with Gasteiger partial charge in [-0.2, -0.15) is 0 Å². The van der Waals surface area contributed by atoms with Gasteiger partial charge in [0, 0.05) is 74.2 Å². The average molecular weight is 557 g/mol. The summed E-state index contributed by atoms with van der Waals surface area (Å²) in [6, 6.07) is 30.3. The molecular formula is C32H28N8O2. The molecule has 0 aliphatic rings. The van der Waals surface area contributed by atoms with Crippen LogP contribution in [0.15, 0.2) is 97.1 Å². The Morgan fingerprint density at radius 3 is 1.12 bits per heavy atom. The number of benzene rings is 4. The smallest absolute Gasteiger partial charge is 0.270 e. The molecule has 4 aromatic heterocycles. The second-order valence-electron chi connectivity index (χ2n) is 10.3. The molecule has 0 atom stereocenters. The number of nitrogens with two attached hydrogens (primary N) is 3. The van der Waals surface area contributed by atoms with Crippen molar-refractivity contribution in [3.63, 3.8) is 0 Å². The Bertz CT molecular complexity index is 2210. The lowest BCUT2D eigenvalue weighted by Gasteiger charge is -1.92. The molecule has 4 aromatic carbocycles. The molecule has 0 fully saturated rings. The average Bonchev–Trinajstić information content (AvgIpc) is 3.75. The van der Waals surface area contributed by atoms with Gasteiger partial charge in [-0.3, -0.25) is 10.1 Å². The van der Waals surface area contributed by atoms with E-state index in [0.717, 1.165) is 77.8 Å². The first kappa shape index (κ1) is 24.9. The molecule has 10 N–H and O–H groups in total. The Hall–Kier alpha value is -6.16. The van der Waals surface area contributed by atoms with Crippen molar-refractivity contribution < 1.29 is 6.35 Å². The van der Waals surface area contributed by atoms with Gasteiger partial charge in [-0.15, -0.1) is 0 Å². The number of H-pyrrole nitrogens is 4. The molecule has 0 amide bonds. The van der Waals surface area contributed by atoms with Crippen LogP contribution in [-0.4, -0.2) is 24.9 Å². The fourth-order valence-electron chi connectivity index (χ4n) is 5.27. The number of rotatable bonds is 3. The molecular weight excluding hydrogens is 528 g/mol. The Kier molecular flexibility index (Phi) is 5.61. The topological polar surface area (TPSA) is 184 Å². The minimum atomic E-state index is -0.391. The van der Waals surface area contributed by atoms with Crippen molar-refractivity contribution in [2.45, 2.75) is 0 Å². The number of fused-ring (bicyclic) bond motifs is 4. The maximum atomic E-state index is 10.8. The normalized spacial score (nSPS) is 11.3. The predicted molar refractivity (Wildman–Crippen MR) is 173 cm³/mol. The SMILES string of the molecule is Nc1ccc2[nH]c(-c3cc4cc(N)ccc4[nH]3)cc2c1.Nc1ccc2[nH]c(-c3cc4cc([N+](=O)[O-])ccc4[nH]3)cc2c1.[HH]. The first-order valence-electron chi connectivity index (χ1n) is 13.2. The highest BCUT2D eigenvalue weighted by atomic mass is 16.6. The number of nitrogens with zero attached hydrogens (tertiary/aromatic N) is 1. The molecule has 10 heteroatoms. The summed E-state index contributed by atoms with van der Waals surface area (Å²) in [5, 5.41) is 14.9. The Labute approximate surface area is 239 Å². The number of hydrogen-bond donors (Lipinski definition) is 7. The molecule has 0 aliphatic carbocycles. The van der Waals surface area contributed by atoms with Crippen molar-refractivity contribution >= 4 is 66.4 Å². The molecule has 8 aromatic rings. The van der Waals surface area contributed by atoms with Crippen LogP contribution in [0.3, 0.4) is 0 Å². The highest BCUT2D eigenvalue weighted by Gasteiger charge is 2.11. The third-order valence-electron chi connectivity index (χ3n) is 7.33. The number of nitrogens with one attached hydrogen (secondary N) is 4. The number of aromatic amines is 4. The van der Waals surface area contributed by atoms with Gasteiger partial charge in [-0.05, 0) is 84.9 Å². The van der Waals surface area contributed by atoms with Gasteiger partial charge in [0.1, 0.15) is 0 Å². The monoisotopic (exact) mass is 556 g/mol. The fraction of sp³-hybridized carbons (Fsp3) is 0. The molecule has 0 unspecified atom stereocenters. The van der Waals surface area contributed by atoms with Crippen molar-refractivity contribution in [2.24, 2.45) is 0 Å². The Morgan fingerprint density at radius 1 is 0.476 bits per heavy atom. The lowest BCUT2D eigenvalue weighted by atomic mass is 10.2. The lowest BCUT2D eigenvalue weighted by molar-refractivity contribution is -0.384. The number of anilines is 3. The summed E-state index contributed by atoms with van der Waals surface area (Å²) in [4.78, 5) is 23.8. The zero-order valence-corrected chi connectivity index (χ0v) is 22.2. The van der Waals surface area contributed by atoms with Crippen molar-refractivity contribution in [3.8, 4) is 22.8 Å². The zero-order chi connectivity index (χ0) is 29.0. The minimum Gasteiger partial charge on any atom is -0.399 e. The van der Waals surface area contributed by atoms with E-state index in [1.165, 1.54) is 6.07 Å². The van der Waals surface area contributed by atoms with E-state index >= 15 is 0 Å². The summed E-state index contributed by atoms with van der Waals surface area (Å²) in [6.45, 7) is 0. The summed E-state index contributed by atoms with van der Waals surface area (Å²) in [5.74, 6) is 0. The summed E-state index contributed by atoms with van der Waals surface area (Å²) in [7, 11) is 0. The summed E-state index contributed by atoms with van der Waals surface area (Å²) in [6.07, 6.45) is 0. The molecule has 0 radical (unpaired) electrons. The number of hydrogen-bond acceptors (Lipinski definition) is 5. The molecule has 0 saturated carbocycles. The number of aromatic nitrogens is 4. The number of non-ortho nitro benzene ring substituents is 1. The second kappa shape index (κ2) is 9.49. The fourth-order valence-corrected chi connectivity index (χ4v) is 5.27. The van der Waals surface area contributed by atoms with Crippen molar-refractivity contribution in [1.29, 1.82) is 0 Å². The van der Waals surface area contributed by atoms with Gasteiger partial charge in [0.2, 0.25) is 0 Å². The van der Waals surface area contributed by atoms with Crippen LogP contribution >= 0.6 is 0 Å². The largest absolute Gasteiger partial charge is 0.399 e. The lowest BCUT2D eigenvalue weighted by Crippen LogP contribution is -1.86. The maximum Gasteiger partial charge on any atom is 0.270 e. The van der Waals surface area contributed by atoms with E-state index in [2.05, 4.69) is 32.1 Å². The van der Waals surface area contributed by atoms with Gasteiger partial charge >= 0.3 is 0 Å². The second-order valence-corrected chi connectivity index (χ2v) is 10.3. The molecule has 0 aliphatic heterocycles. The maximum absolute atomic E-state index is 10.8. The van der Waals surface area contributed by atoms with E-state index in [1.807, 2.05) is 66.7 Å². The van der Waals surface area contributed by atoms with Crippen LogP contribution in [0.4, 0.5) is 22.7 Å². The van der Waals surface area contributed by atoms with Crippen LogP contribution in [0.25, 0.3) is 66.4 Å². The molecule has 4 heterocycles. The van der Waals surface area contributed by atoms with Gasteiger partial charge in [-0.1, -0.05) is 0 Å². The highest BCUT2D eigenvalue weighted by molar-refractivity contribution is 5.93. The standard InChI is InChI=1S/C16H12N4O2.C16H14N4.H2/c17-11-1-3-13-9(5-11)7-15(18-13)16-8-10-6-12(20(21)22)2-4-14(10)19-16;17-11-1-3-13-9(5-11)7-15(19-13)16-8-10-6-12(18)2-4-14(10)20-16;/h1-8,18-19H,17H2;1-8,19-20H,17-18H2;1H. The quantitative estimate of drug-likeness (QED) is 0.0672. The van der Waals surface area contributed by atoms with Gasteiger partial charge in [0.25, 0.3) is 5.69 Å². The third-order valence-corrected chi connectivity index (χ3v) is 7.33. The first-order chi connectivity index (χ1) is 20.3. The molecule has 10 nitrogen and oxygen atoms in total. The molecule has 42 heavy (non-hydrogen) atoms. The Morgan fingerprint density at radius 2 is 0.786 bits per heavy atom. The van der Waals surface area contributed by atoms with Crippen molar-refractivity contribution in [1.82, 2.24) is 19.9 Å². The van der Waals surface area contributed by atoms with Crippen molar-refractivity contribution in [3.05, 3.63) is 107 Å². The van der Waals surface area contributed by atoms with E-state index in [-0.39, 0.29) is 7.11 Å². The predicted octanol–water partition coefficient (Wildman–Crippen LogP) is 7.53. The van der Waals surface area contributed by atoms with E-state index < -0.39 is 4.92 Å². The van der Waals surface area contributed by atoms with Gasteiger partial charge in [0.15, 0.2) is 0 Å². The summed E-state index contributed by atoms with van der Waals surface area (Å²) < 4.78 is 0. The Balaban J connectivity index is 0.000000150.